The van der Waals surface area contributed by atoms with Gasteiger partial charge in [-0.15, -0.1) is 0 Å². The molecule has 2 N–H and O–H groups in total. The number of benzene rings is 2. The van der Waals surface area contributed by atoms with E-state index >= 15 is 0 Å². The molecule has 1 aromatic heterocycles. The summed E-state index contributed by atoms with van der Waals surface area (Å²) in [7, 11) is 0. The number of aromatic nitrogens is 2. The second-order valence-electron chi connectivity index (χ2n) is 6.40. The quantitative estimate of drug-likeness (QED) is 0.633. The molecule has 29 heavy (non-hydrogen) atoms. The molecule has 0 fully saturated rings. The van der Waals surface area contributed by atoms with E-state index in [0.717, 1.165) is 0 Å². The van der Waals surface area contributed by atoms with E-state index in [9.17, 15) is 14.4 Å². The first-order valence-electron chi connectivity index (χ1n) is 9.04. The molecular weight excluding hydrogens is 376 g/mol. The van der Waals surface area contributed by atoms with Crippen molar-refractivity contribution in [2.75, 3.05) is 6.61 Å². The van der Waals surface area contributed by atoms with Crippen molar-refractivity contribution in [1.29, 1.82) is 0 Å². The third-order valence-corrected chi connectivity index (χ3v) is 4.44. The van der Waals surface area contributed by atoms with E-state index in [1.807, 2.05) is 6.07 Å². The summed E-state index contributed by atoms with van der Waals surface area (Å²) >= 11 is 0. The molecule has 0 aliphatic carbocycles. The zero-order valence-electron chi connectivity index (χ0n) is 15.3. The van der Waals surface area contributed by atoms with Crippen molar-refractivity contribution >= 4 is 22.7 Å². The average molecular weight is 394 g/mol. The van der Waals surface area contributed by atoms with Crippen LogP contribution in [0.3, 0.4) is 0 Å². The Hall–Kier alpha value is -3.88. The van der Waals surface area contributed by atoms with E-state index in [0.29, 0.717) is 22.4 Å². The number of nitrogens with zero attached hydrogens (tertiary/aromatic N) is 2. The van der Waals surface area contributed by atoms with Gasteiger partial charge in [0.15, 0.2) is 11.5 Å². The number of carbonyl (C=O) groups is 2. The van der Waals surface area contributed by atoms with Crippen molar-refractivity contribution < 1.29 is 19.1 Å². The van der Waals surface area contributed by atoms with Gasteiger partial charge in [-0.25, -0.2) is 0 Å². The number of hydrogen-bond donors (Lipinski definition) is 2. The Kier molecular flexibility index (Phi) is 5.10. The van der Waals surface area contributed by atoms with E-state index in [1.54, 1.807) is 47.1 Å². The van der Waals surface area contributed by atoms with Crippen LogP contribution in [0.1, 0.15) is 6.42 Å². The first-order valence-corrected chi connectivity index (χ1v) is 9.04. The first kappa shape index (κ1) is 18.5. The summed E-state index contributed by atoms with van der Waals surface area (Å²) in [4.78, 5) is 36.2. The Labute approximate surface area is 165 Å². The van der Waals surface area contributed by atoms with E-state index in [2.05, 4.69) is 16.0 Å². The van der Waals surface area contributed by atoms with Crippen molar-refractivity contribution in [3.63, 3.8) is 0 Å². The molecule has 1 aliphatic heterocycles. The molecule has 0 radical (unpaired) electrons. The minimum absolute atomic E-state index is 0.0476. The first-order chi connectivity index (χ1) is 14.1. The Morgan fingerprint density at radius 2 is 1.83 bits per heavy atom. The van der Waals surface area contributed by atoms with Crippen LogP contribution in [-0.2, 0) is 16.1 Å². The second-order valence-corrected chi connectivity index (χ2v) is 6.40. The molecule has 1 aliphatic rings. The smallest absolute Gasteiger partial charge is 0.283 e. The Morgan fingerprint density at radius 1 is 1.07 bits per heavy atom. The molecule has 0 bridgehead atoms. The van der Waals surface area contributed by atoms with Gasteiger partial charge in [-0.1, -0.05) is 24.3 Å². The SMILES string of the molecule is O=C(CCn1ncc(=O)c2ccccc21)NNC(=O)C1COc2ccccc2O1. The van der Waals surface area contributed by atoms with Gasteiger partial charge < -0.3 is 9.47 Å². The molecule has 0 spiro atoms. The molecule has 148 valence electrons. The fraction of sp³-hybridized carbons (Fsp3) is 0.200. The summed E-state index contributed by atoms with van der Waals surface area (Å²) in [5.74, 6) is 0.127. The number of rotatable bonds is 4. The maximum Gasteiger partial charge on any atom is 0.283 e. The molecular formula is C20H18N4O5. The van der Waals surface area contributed by atoms with E-state index in [4.69, 9.17) is 9.47 Å². The number of hydrazine groups is 1. The summed E-state index contributed by atoms with van der Waals surface area (Å²) in [6.45, 7) is 0.297. The molecule has 3 aromatic rings. The highest BCUT2D eigenvalue weighted by molar-refractivity contribution is 5.85. The van der Waals surface area contributed by atoms with Gasteiger partial charge in [-0.3, -0.25) is 29.9 Å². The lowest BCUT2D eigenvalue weighted by atomic mass is 10.2. The molecule has 1 unspecified atom stereocenters. The van der Waals surface area contributed by atoms with Crippen molar-refractivity contribution in [2.24, 2.45) is 0 Å². The Bertz CT molecular complexity index is 1130. The third kappa shape index (κ3) is 4.03. The monoisotopic (exact) mass is 394 g/mol. The normalized spacial score (nSPS) is 15.0. The highest BCUT2D eigenvalue weighted by Crippen LogP contribution is 2.30. The molecule has 2 heterocycles. The molecule has 9 nitrogen and oxygen atoms in total. The van der Waals surface area contributed by atoms with Crippen LogP contribution in [0.15, 0.2) is 59.5 Å². The van der Waals surface area contributed by atoms with Gasteiger partial charge in [-0.2, -0.15) is 5.10 Å². The number of nitrogens with one attached hydrogen (secondary N) is 2. The lowest BCUT2D eigenvalue weighted by Gasteiger charge is -2.25. The maximum atomic E-state index is 12.2. The van der Waals surface area contributed by atoms with Crippen LogP contribution in [0.25, 0.3) is 10.9 Å². The van der Waals surface area contributed by atoms with Crippen molar-refractivity contribution in [1.82, 2.24) is 20.6 Å². The van der Waals surface area contributed by atoms with Crippen LogP contribution in [0.2, 0.25) is 0 Å². The molecule has 1 atom stereocenters. The fourth-order valence-corrected chi connectivity index (χ4v) is 2.97. The minimum Gasteiger partial charge on any atom is -0.485 e. The lowest BCUT2D eigenvalue weighted by molar-refractivity contribution is -0.135. The third-order valence-electron chi connectivity index (χ3n) is 4.44. The van der Waals surface area contributed by atoms with Crippen LogP contribution in [-0.4, -0.2) is 34.3 Å². The number of aryl methyl sites for hydroxylation is 1. The second kappa shape index (κ2) is 8.01. The largest absolute Gasteiger partial charge is 0.485 e. The van der Waals surface area contributed by atoms with Gasteiger partial charge in [0.25, 0.3) is 5.91 Å². The topological polar surface area (TPSA) is 112 Å². The number of fused-ring (bicyclic) bond motifs is 2. The van der Waals surface area contributed by atoms with Crippen LogP contribution in [0.5, 0.6) is 11.5 Å². The summed E-state index contributed by atoms with van der Waals surface area (Å²) in [6, 6.07) is 14.1. The van der Waals surface area contributed by atoms with Crippen LogP contribution in [0, 0.1) is 0 Å². The zero-order chi connectivity index (χ0) is 20.2. The lowest BCUT2D eigenvalue weighted by Crippen LogP contribution is -2.51. The highest BCUT2D eigenvalue weighted by atomic mass is 16.6. The summed E-state index contributed by atoms with van der Waals surface area (Å²) in [6.07, 6.45) is 0.417. The highest BCUT2D eigenvalue weighted by Gasteiger charge is 2.27. The zero-order valence-corrected chi connectivity index (χ0v) is 15.3. The van der Waals surface area contributed by atoms with Crippen LogP contribution < -0.4 is 25.8 Å². The van der Waals surface area contributed by atoms with Gasteiger partial charge >= 0.3 is 0 Å². The number of hydrogen-bond acceptors (Lipinski definition) is 6. The van der Waals surface area contributed by atoms with Crippen molar-refractivity contribution in [3.8, 4) is 11.5 Å². The summed E-state index contributed by atoms with van der Waals surface area (Å²) in [5.41, 5.74) is 5.16. The number of carbonyl (C=O) groups excluding carboxylic acids is 2. The van der Waals surface area contributed by atoms with Crippen LogP contribution >= 0.6 is 0 Å². The molecule has 9 heteroatoms. The van der Waals surface area contributed by atoms with E-state index < -0.39 is 17.9 Å². The van der Waals surface area contributed by atoms with Gasteiger partial charge in [0.05, 0.1) is 18.3 Å². The maximum absolute atomic E-state index is 12.2. The van der Waals surface area contributed by atoms with Crippen molar-refractivity contribution in [3.05, 3.63) is 65.0 Å². The van der Waals surface area contributed by atoms with Crippen LogP contribution in [0.4, 0.5) is 0 Å². The van der Waals surface area contributed by atoms with Gasteiger partial charge in [0, 0.05) is 11.8 Å². The van der Waals surface area contributed by atoms with Gasteiger partial charge in [0.2, 0.25) is 17.4 Å². The number of amides is 2. The Balaban J connectivity index is 1.30. The van der Waals surface area contributed by atoms with E-state index in [-0.39, 0.29) is 25.0 Å². The predicted octanol–water partition coefficient (Wildman–Crippen LogP) is 0.774. The molecule has 4 rings (SSSR count). The molecule has 2 aromatic carbocycles. The summed E-state index contributed by atoms with van der Waals surface area (Å²) < 4.78 is 12.6. The molecule has 0 saturated carbocycles. The number of para-hydroxylation sites is 3. The van der Waals surface area contributed by atoms with Crippen molar-refractivity contribution in [2.45, 2.75) is 19.1 Å². The van der Waals surface area contributed by atoms with Gasteiger partial charge in [0.1, 0.15) is 6.61 Å². The fourth-order valence-electron chi connectivity index (χ4n) is 2.97. The van der Waals surface area contributed by atoms with E-state index in [1.165, 1.54) is 6.20 Å². The van der Waals surface area contributed by atoms with Gasteiger partial charge in [-0.05, 0) is 24.3 Å². The predicted molar refractivity (Wildman–Crippen MR) is 103 cm³/mol. The Morgan fingerprint density at radius 3 is 2.69 bits per heavy atom. The summed E-state index contributed by atoms with van der Waals surface area (Å²) in [5, 5.41) is 4.60. The molecule has 0 saturated heterocycles. The average Bonchev–Trinajstić information content (AvgIpc) is 2.77. The number of ether oxygens (including phenoxy) is 2. The standard InChI is InChI=1S/C20H18N4O5/c25-15-11-21-24(14-6-2-1-5-13(14)15)10-9-19(26)22-23-20(27)18-12-28-16-7-3-4-8-17(16)29-18/h1-8,11,18H,9-10,12H2,(H,22,26)(H,23,27). The minimum atomic E-state index is -0.866. The molecule has 2 amide bonds.